The third-order valence-corrected chi connectivity index (χ3v) is 30.1. The van der Waals surface area contributed by atoms with E-state index in [0.29, 0.717) is 0 Å². The Morgan fingerprint density at radius 2 is 0.412 bits per heavy atom. The number of fused-ring (bicyclic) bond motifs is 15. The van der Waals surface area contributed by atoms with Crippen molar-refractivity contribution in [2.45, 2.75) is 0 Å². The van der Waals surface area contributed by atoms with Gasteiger partial charge in [-0.05, 0) is 199 Å². The second kappa shape index (κ2) is 33.8. The van der Waals surface area contributed by atoms with Gasteiger partial charge in [0, 0.05) is 93.0 Å². The van der Waals surface area contributed by atoms with Crippen molar-refractivity contribution in [1.82, 2.24) is 57.3 Å². The molecule has 0 spiro atoms. The lowest BCUT2D eigenvalue weighted by Crippen LogP contribution is -2.04. The van der Waals surface area contributed by atoms with Gasteiger partial charge in [0.25, 0.3) is 0 Å². The van der Waals surface area contributed by atoms with Crippen LogP contribution >= 0.6 is 0 Å². The van der Waals surface area contributed by atoms with Crippen molar-refractivity contribution in [3.05, 3.63) is 510 Å². The molecule has 23 aromatic carbocycles. The van der Waals surface area contributed by atoms with Crippen molar-refractivity contribution in [1.29, 1.82) is 0 Å². The Balaban J connectivity index is 0.000000102. The van der Waals surface area contributed by atoms with Crippen molar-refractivity contribution in [2.75, 3.05) is 0 Å². The van der Waals surface area contributed by atoms with Gasteiger partial charge in [-0.15, -0.1) is 0 Å². The fourth-order valence-electron chi connectivity index (χ4n) is 23.6. The van der Waals surface area contributed by atoms with E-state index in [1.165, 1.54) is 91.9 Å². The highest BCUT2D eigenvalue weighted by molar-refractivity contribution is 6.32. The molecule has 0 saturated carbocycles. The third kappa shape index (κ3) is 13.1. The molecule has 0 unspecified atom stereocenters. The Labute approximate surface area is 847 Å². The highest BCUT2D eigenvalue weighted by Gasteiger charge is 2.30. The Hall–Kier alpha value is -20.1. The largest absolute Gasteiger partial charge is 0.309 e. The van der Waals surface area contributed by atoms with E-state index in [2.05, 4.69) is 513 Å². The van der Waals surface area contributed by atoms with Crippen LogP contribution in [0.2, 0.25) is 0 Å². The highest BCUT2D eigenvalue weighted by Crippen LogP contribution is 2.50. The monoisotopic (exact) mass is 1880 g/mol. The number of aromatic nitrogens is 12. The van der Waals surface area contributed by atoms with E-state index in [9.17, 15) is 0 Å². The molecule has 0 N–H and O–H groups in total. The van der Waals surface area contributed by atoms with Crippen LogP contribution in [0.4, 0.5) is 0 Å². The molecular weight excluding hydrogens is 1800 g/mol. The second-order valence-corrected chi connectivity index (χ2v) is 38.2. The second-order valence-electron chi connectivity index (χ2n) is 38.2. The summed E-state index contributed by atoms with van der Waals surface area (Å²) < 4.78 is 14.3. The van der Waals surface area contributed by atoms with Crippen LogP contribution in [-0.4, -0.2) is 57.3 Å². The summed E-state index contributed by atoms with van der Waals surface area (Å²) in [7, 11) is 0. The number of hydrogen-bond donors (Lipinski definition) is 0. The van der Waals surface area contributed by atoms with Crippen LogP contribution in [0.5, 0.6) is 0 Å². The molecule has 0 aliphatic heterocycles. The third-order valence-electron chi connectivity index (χ3n) is 30.1. The van der Waals surface area contributed by atoms with Crippen molar-refractivity contribution in [3.8, 4) is 79.4 Å². The summed E-state index contributed by atoms with van der Waals surface area (Å²) in [6.45, 7) is 0. The van der Waals surface area contributed by atoms with Gasteiger partial charge in [-0.25, -0.2) is 29.9 Å². The summed E-state index contributed by atoms with van der Waals surface area (Å²) in [5.74, 6) is 2.45. The summed E-state index contributed by atoms with van der Waals surface area (Å²) in [4.78, 5) is 32.9. The zero-order valence-electron chi connectivity index (χ0n) is 79.9. The van der Waals surface area contributed by atoms with E-state index >= 15 is 0 Å². The molecule has 0 saturated heterocycles. The molecule has 688 valence electrons. The molecule has 12 heteroatoms. The van der Waals surface area contributed by atoms with Gasteiger partial charge in [0.2, 0.25) is 0 Å². The smallest absolute Gasteiger partial charge is 0.165 e. The van der Waals surface area contributed by atoms with E-state index in [1.54, 1.807) is 0 Å². The topological polar surface area (TPSA) is 107 Å². The first-order chi connectivity index (χ1) is 73.5. The summed E-state index contributed by atoms with van der Waals surface area (Å²) >= 11 is 0. The minimum Gasteiger partial charge on any atom is -0.309 e. The molecule has 9 aromatic heterocycles. The van der Waals surface area contributed by atoms with E-state index in [4.69, 9.17) is 29.9 Å². The molecule has 32 aromatic rings. The lowest BCUT2D eigenvalue weighted by atomic mass is 10.0. The number of para-hydroxylation sites is 8. The fraction of sp³-hybridized carbons (Fsp3) is 0. The van der Waals surface area contributed by atoms with Crippen molar-refractivity contribution in [2.24, 2.45) is 0 Å². The van der Waals surface area contributed by atoms with E-state index in [-0.39, 0.29) is 0 Å². The maximum Gasteiger partial charge on any atom is 0.165 e. The summed E-state index contributed by atoms with van der Waals surface area (Å²) in [6.07, 6.45) is 0. The van der Waals surface area contributed by atoms with E-state index < -0.39 is 0 Å². The lowest BCUT2D eigenvalue weighted by molar-refractivity contribution is 1.08. The summed E-state index contributed by atoms with van der Waals surface area (Å²) in [6, 6.07) is 181. The molecule has 0 aliphatic carbocycles. The molecule has 0 atom stereocenters. The van der Waals surface area contributed by atoms with Crippen LogP contribution < -0.4 is 0 Å². The van der Waals surface area contributed by atoms with Crippen LogP contribution in [0.1, 0.15) is 0 Å². The molecule has 12 nitrogen and oxygen atoms in total. The van der Waals surface area contributed by atoms with Crippen LogP contribution in [0.3, 0.4) is 0 Å². The number of nitrogens with zero attached hydrogens (tertiary/aromatic N) is 12. The zero-order chi connectivity index (χ0) is 97.1. The Morgan fingerprint density at radius 1 is 0.135 bits per heavy atom. The van der Waals surface area contributed by atoms with Gasteiger partial charge < -0.3 is 13.7 Å². The highest BCUT2D eigenvalue weighted by atomic mass is 15.1. The molecule has 0 aliphatic rings. The first-order valence-electron chi connectivity index (χ1n) is 50.3. The van der Waals surface area contributed by atoms with Crippen molar-refractivity contribution in [3.63, 3.8) is 0 Å². The van der Waals surface area contributed by atoms with Crippen LogP contribution in [0, 0.1) is 0 Å². The predicted octanol–water partition coefficient (Wildman–Crippen LogP) is 34.8. The molecule has 9 heterocycles. The maximum atomic E-state index is 5.64. The SMILES string of the molecule is c1ccc(-c2ccc(-c3nc4ccccc4nc3-n3c4cccc5c6ccccc6n(-c6ccccc6)c6cccc3c6c54)cc2)cc1.c1ccc(-n2c3ccccc3c3cccc4c3c3c2cccc3n4-c2nc3c(ccc4ccccc43)nc2-c2ccc3ccccc3c2)cc1.c1ccc(-n2c3ccccc3c3cccc4c3c3c2cccc3n4-c2nc3c(ccc4ccccc43)nc2-c2cccc3ccccc23)cc1. The van der Waals surface area contributed by atoms with Gasteiger partial charge in [-0.2, -0.15) is 0 Å². The molecular formula is C136H84N12. The number of hydrogen-bond acceptors (Lipinski definition) is 6. The lowest BCUT2D eigenvalue weighted by Gasteiger charge is -2.16. The fourth-order valence-corrected chi connectivity index (χ4v) is 23.6. The Morgan fingerprint density at radius 3 is 0.872 bits per heavy atom. The predicted molar refractivity (Wildman–Crippen MR) is 616 cm³/mol. The summed E-state index contributed by atoms with van der Waals surface area (Å²) in [5.41, 5.74) is 30.2. The minimum absolute atomic E-state index is 0.815. The van der Waals surface area contributed by atoms with Gasteiger partial charge in [0.1, 0.15) is 17.1 Å². The summed E-state index contributed by atoms with van der Waals surface area (Å²) in [5, 5.41) is 23.6. The van der Waals surface area contributed by atoms with Gasteiger partial charge in [0.15, 0.2) is 17.5 Å². The molecule has 148 heavy (non-hydrogen) atoms. The molecule has 0 bridgehead atoms. The van der Waals surface area contributed by atoms with Crippen molar-refractivity contribution >= 4 is 207 Å². The zero-order valence-corrected chi connectivity index (χ0v) is 79.9. The average Bonchev–Trinajstić information content (AvgIpc) is 1.61. The standard InChI is InChI=1S/2C46H28N4.C44H28N4/c1-2-16-31(17-3-1)49-38-23-9-8-20-34(38)35-21-11-24-39-42(35)43-40(49)25-12-26-41(43)50(39)46-45(36-22-10-15-29-13-4-6-18-32(29)36)47-37-28-27-30-14-5-7-19-33(30)44(37)48-46;1-2-15-33(16-3-1)49-38-20-9-8-18-35(38)36-19-10-21-39-42(36)43-40(49)22-11-23-41(43)50(39)46-44(32-25-24-29-12-4-5-14-31(29)28-32)47-37-27-26-30-13-6-7-17-34(30)45(37)48-46;1-3-13-29(14-4-1)30-25-27-31(28-26-30)43-44(46-36-20-9-8-19-35(36)45-43)48-38-22-11-18-34-33-17-7-10-21-37(33)47(32-15-5-2-6-16-32)39-23-12-24-40(48)42(39)41(34)38/h2*1-28H;1-28H. The molecule has 0 fully saturated rings. The normalized spacial score (nSPS) is 11.9. The van der Waals surface area contributed by atoms with Gasteiger partial charge >= 0.3 is 0 Å². The van der Waals surface area contributed by atoms with Crippen LogP contribution in [0.15, 0.2) is 510 Å². The number of benzene rings is 23. The van der Waals surface area contributed by atoms with E-state index in [1.807, 2.05) is 24.3 Å². The first-order valence-corrected chi connectivity index (χ1v) is 50.3. The average molecular weight is 1890 g/mol. The Kier molecular flexibility index (Phi) is 19.1. The number of rotatable bonds is 10. The van der Waals surface area contributed by atoms with Crippen molar-refractivity contribution < 1.29 is 0 Å². The minimum atomic E-state index is 0.815. The van der Waals surface area contributed by atoms with Crippen LogP contribution in [0.25, 0.3) is 286 Å². The van der Waals surface area contributed by atoms with E-state index in [0.717, 1.165) is 195 Å². The quantitative estimate of drug-likeness (QED) is 0.126. The Bertz CT molecular complexity index is 11100. The maximum absolute atomic E-state index is 5.64. The van der Waals surface area contributed by atoms with Gasteiger partial charge in [-0.3, -0.25) is 13.7 Å². The molecule has 0 amide bonds. The molecule has 32 rings (SSSR count). The van der Waals surface area contributed by atoms with Gasteiger partial charge in [-0.1, -0.05) is 370 Å². The first kappa shape index (κ1) is 83.7. The van der Waals surface area contributed by atoms with Gasteiger partial charge in [0.05, 0.1) is 99.3 Å². The molecule has 0 radical (unpaired) electrons. The van der Waals surface area contributed by atoms with Crippen LogP contribution in [-0.2, 0) is 0 Å².